The average Bonchev–Trinajstić information content (AvgIpc) is 2.89. The quantitative estimate of drug-likeness (QED) is 0.805. The highest BCUT2D eigenvalue weighted by Crippen LogP contribution is 2.29. The molecule has 1 heterocycles. The summed E-state index contributed by atoms with van der Waals surface area (Å²) in [6, 6.07) is 3.95. The molecule has 1 aliphatic carbocycles. The summed E-state index contributed by atoms with van der Waals surface area (Å²) >= 11 is 5.01. The predicted octanol–water partition coefficient (Wildman–Crippen LogP) is 3.53. The van der Waals surface area contributed by atoms with Gasteiger partial charge in [0.1, 0.15) is 0 Å². The topological polar surface area (TPSA) is 57.6 Å². The fourth-order valence-corrected chi connectivity index (χ4v) is 4.06. The number of rotatable bonds is 5. The molecule has 2 rings (SSSR count). The molecule has 0 saturated carbocycles. The van der Waals surface area contributed by atoms with E-state index in [1.54, 1.807) is 16.2 Å². The molecule has 0 aromatic carbocycles. The van der Waals surface area contributed by atoms with Gasteiger partial charge in [-0.1, -0.05) is 12.2 Å². The summed E-state index contributed by atoms with van der Waals surface area (Å²) in [6.45, 7) is 3.05. The molecule has 0 spiro atoms. The zero-order chi connectivity index (χ0) is 15.4. The Kier molecular flexibility index (Phi) is 5.58. The summed E-state index contributed by atoms with van der Waals surface area (Å²) in [5, 5.41) is 9.30. The number of allylic oxidation sites excluding steroid dienone is 2. The van der Waals surface area contributed by atoms with E-state index in [-0.39, 0.29) is 5.91 Å². The standard InChI is InChI=1S/C15H18BrNO3S/c1-2-17(9-10-7-8-13(16)21-10)14(18)11-5-3-4-6-12(11)15(19)20/h3-4,7-8,11-12H,2,5-6,9H2,1H3,(H,19,20). The zero-order valence-electron chi connectivity index (χ0n) is 11.8. The molecular weight excluding hydrogens is 354 g/mol. The highest BCUT2D eigenvalue weighted by molar-refractivity contribution is 9.11. The van der Waals surface area contributed by atoms with Crippen molar-refractivity contribution in [2.45, 2.75) is 26.3 Å². The lowest BCUT2D eigenvalue weighted by Gasteiger charge is -2.30. The second-order valence-corrected chi connectivity index (χ2v) is 7.60. The van der Waals surface area contributed by atoms with E-state index in [1.165, 1.54) is 0 Å². The Hall–Kier alpha value is -1.14. The molecule has 0 radical (unpaired) electrons. The number of amides is 1. The summed E-state index contributed by atoms with van der Waals surface area (Å²) < 4.78 is 1.03. The fraction of sp³-hybridized carbons (Fsp3) is 0.467. The van der Waals surface area contributed by atoms with Crippen molar-refractivity contribution in [3.8, 4) is 0 Å². The van der Waals surface area contributed by atoms with Crippen LogP contribution < -0.4 is 0 Å². The number of carboxylic acid groups (broad SMARTS) is 1. The van der Waals surface area contributed by atoms with E-state index in [9.17, 15) is 14.7 Å². The van der Waals surface area contributed by atoms with Crippen LogP contribution in [-0.4, -0.2) is 28.4 Å². The van der Waals surface area contributed by atoms with Crippen LogP contribution in [0.25, 0.3) is 0 Å². The zero-order valence-corrected chi connectivity index (χ0v) is 14.2. The van der Waals surface area contributed by atoms with Crippen molar-refractivity contribution in [3.05, 3.63) is 32.9 Å². The number of hydrogen-bond donors (Lipinski definition) is 1. The maximum Gasteiger partial charge on any atom is 0.307 e. The molecular formula is C15H18BrNO3S. The van der Waals surface area contributed by atoms with Crippen LogP contribution in [0.2, 0.25) is 0 Å². The molecule has 1 amide bonds. The Morgan fingerprint density at radius 2 is 2.00 bits per heavy atom. The number of halogens is 1. The van der Waals surface area contributed by atoms with Crippen molar-refractivity contribution in [1.29, 1.82) is 0 Å². The minimum Gasteiger partial charge on any atom is -0.481 e. The van der Waals surface area contributed by atoms with Gasteiger partial charge in [-0.05, 0) is 47.8 Å². The van der Waals surface area contributed by atoms with Crippen LogP contribution in [0.5, 0.6) is 0 Å². The summed E-state index contributed by atoms with van der Waals surface area (Å²) in [7, 11) is 0. The van der Waals surface area contributed by atoms with Gasteiger partial charge in [0.05, 0.1) is 22.2 Å². The number of thiophene rings is 1. The number of aliphatic carboxylic acids is 1. The van der Waals surface area contributed by atoms with Gasteiger partial charge in [0.2, 0.25) is 5.91 Å². The molecule has 1 aromatic rings. The first kappa shape index (κ1) is 16.2. The van der Waals surface area contributed by atoms with Gasteiger partial charge < -0.3 is 10.0 Å². The summed E-state index contributed by atoms with van der Waals surface area (Å²) in [6.07, 6.45) is 4.72. The van der Waals surface area contributed by atoms with Crippen molar-refractivity contribution in [2.75, 3.05) is 6.54 Å². The molecule has 0 bridgehead atoms. The maximum absolute atomic E-state index is 12.7. The number of hydrogen-bond acceptors (Lipinski definition) is 3. The first-order chi connectivity index (χ1) is 10.0. The maximum atomic E-state index is 12.7. The first-order valence-corrected chi connectivity index (χ1v) is 8.54. The lowest BCUT2D eigenvalue weighted by atomic mass is 9.82. The van der Waals surface area contributed by atoms with E-state index in [0.717, 1.165) is 8.66 Å². The molecule has 0 fully saturated rings. The first-order valence-electron chi connectivity index (χ1n) is 6.93. The Morgan fingerprint density at radius 3 is 2.52 bits per heavy atom. The van der Waals surface area contributed by atoms with Gasteiger partial charge in [0.25, 0.3) is 0 Å². The highest BCUT2D eigenvalue weighted by Gasteiger charge is 2.36. The van der Waals surface area contributed by atoms with E-state index >= 15 is 0 Å². The second-order valence-electron chi connectivity index (χ2n) is 5.05. The molecule has 2 unspecified atom stereocenters. The van der Waals surface area contributed by atoms with Gasteiger partial charge in [0.15, 0.2) is 0 Å². The third-order valence-corrected chi connectivity index (χ3v) is 5.34. The van der Waals surface area contributed by atoms with E-state index in [4.69, 9.17) is 0 Å². The van der Waals surface area contributed by atoms with E-state index in [1.807, 2.05) is 31.2 Å². The number of carbonyl (C=O) groups is 2. The minimum absolute atomic E-state index is 0.0567. The molecule has 0 aliphatic heterocycles. The fourth-order valence-electron chi connectivity index (χ4n) is 2.56. The van der Waals surface area contributed by atoms with Crippen LogP contribution >= 0.6 is 27.3 Å². The molecule has 4 nitrogen and oxygen atoms in total. The van der Waals surface area contributed by atoms with Gasteiger partial charge in [-0.3, -0.25) is 9.59 Å². The normalized spacial score (nSPS) is 21.2. The molecule has 1 N–H and O–H groups in total. The van der Waals surface area contributed by atoms with Gasteiger partial charge in [-0.2, -0.15) is 0 Å². The average molecular weight is 372 g/mol. The monoisotopic (exact) mass is 371 g/mol. The Labute approximate surface area is 136 Å². The number of nitrogens with zero attached hydrogens (tertiary/aromatic N) is 1. The largest absolute Gasteiger partial charge is 0.481 e. The molecule has 21 heavy (non-hydrogen) atoms. The third-order valence-electron chi connectivity index (χ3n) is 3.74. The number of carbonyl (C=O) groups excluding carboxylic acids is 1. The Morgan fingerprint density at radius 1 is 1.33 bits per heavy atom. The van der Waals surface area contributed by atoms with E-state index in [2.05, 4.69) is 15.9 Å². The van der Waals surface area contributed by atoms with E-state index in [0.29, 0.717) is 25.9 Å². The van der Waals surface area contributed by atoms with Gasteiger partial charge in [-0.25, -0.2) is 0 Å². The summed E-state index contributed by atoms with van der Waals surface area (Å²) in [5.74, 6) is -1.99. The Balaban J connectivity index is 2.11. The summed E-state index contributed by atoms with van der Waals surface area (Å²) in [5.41, 5.74) is 0. The SMILES string of the molecule is CCN(Cc1ccc(Br)s1)C(=O)C1CC=CCC1C(=O)O. The smallest absolute Gasteiger partial charge is 0.307 e. The van der Waals surface area contributed by atoms with Crippen molar-refractivity contribution < 1.29 is 14.7 Å². The molecule has 6 heteroatoms. The van der Waals surface area contributed by atoms with Crippen molar-refractivity contribution >= 4 is 39.1 Å². The van der Waals surface area contributed by atoms with Gasteiger partial charge >= 0.3 is 5.97 Å². The Bertz CT molecular complexity index is 555. The van der Waals surface area contributed by atoms with Gasteiger partial charge in [-0.15, -0.1) is 11.3 Å². The van der Waals surface area contributed by atoms with Crippen molar-refractivity contribution in [2.24, 2.45) is 11.8 Å². The van der Waals surface area contributed by atoms with Gasteiger partial charge in [0, 0.05) is 11.4 Å². The molecule has 1 aromatic heterocycles. The molecule has 1 aliphatic rings. The molecule has 0 saturated heterocycles. The highest BCUT2D eigenvalue weighted by atomic mass is 79.9. The van der Waals surface area contributed by atoms with E-state index < -0.39 is 17.8 Å². The second kappa shape index (κ2) is 7.22. The van der Waals surface area contributed by atoms with Crippen LogP contribution in [0.1, 0.15) is 24.6 Å². The van der Waals surface area contributed by atoms with Crippen LogP contribution in [0.4, 0.5) is 0 Å². The van der Waals surface area contributed by atoms with Crippen molar-refractivity contribution in [1.82, 2.24) is 4.90 Å². The van der Waals surface area contributed by atoms with Crippen LogP contribution in [0.15, 0.2) is 28.1 Å². The van der Waals surface area contributed by atoms with Crippen LogP contribution in [0, 0.1) is 11.8 Å². The lowest BCUT2D eigenvalue weighted by Crippen LogP contribution is -2.41. The lowest BCUT2D eigenvalue weighted by molar-refractivity contribution is -0.150. The molecule has 2 atom stereocenters. The summed E-state index contributed by atoms with van der Waals surface area (Å²) in [4.78, 5) is 26.9. The minimum atomic E-state index is -0.882. The van der Waals surface area contributed by atoms with Crippen LogP contribution in [-0.2, 0) is 16.1 Å². The predicted molar refractivity (Wildman–Crippen MR) is 86.1 cm³/mol. The van der Waals surface area contributed by atoms with Crippen LogP contribution in [0.3, 0.4) is 0 Å². The number of carboxylic acids is 1. The third kappa shape index (κ3) is 3.95. The molecule has 114 valence electrons. The van der Waals surface area contributed by atoms with Crippen molar-refractivity contribution in [3.63, 3.8) is 0 Å².